The molecule has 1 saturated heterocycles. The van der Waals surface area contributed by atoms with Crippen molar-refractivity contribution < 1.29 is 18.0 Å². The molecule has 1 amide bonds. The van der Waals surface area contributed by atoms with Crippen molar-refractivity contribution in [2.24, 2.45) is 7.05 Å². The van der Waals surface area contributed by atoms with Crippen LogP contribution in [0.5, 0.6) is 0 Å². The molecule has 9 heteroatoms. The minimum atomic E-state index is -2.90. The minimum Gasteiger partial charge on any atom is -0.337 e. The third-order valence-electron chi connectivity index (χ3n) is 4.02. The number of carbonyl (C=O) groups is 1. The fraction of sp³-hybridized carbons (Fsp3) is 0.400. The highest BCUT2D eigenvalue weighted by molar-refractivity contribution is 5.94. The number of aryl methyl sites for hydroxylation is 1. The van der Waals surface area contributed by atoms with Crippen molar-refractivity contribution in [2.75, 3.05) is 31.1 Å². The first-order valence-electron chi connectivity index (χ1n) is 7.43. The largest absolute Gasteiger partial charge is 0.337 e. The van der Waals surface area contributed by atoms with E-state index < -0.39 is 17.8 Å². The molecule has 0 saturated carbocycles. The number of aromatic nitrogens is 3. The lowest BCUT2D eigenvalue weighted by Crippen LogP contribution is -2.49. The lowest BCUT2D eigenvalue weighted by molar-refractivity contribution is 0.0745. The molecular weight excluding hydrogens is 323 g/mol. The molecule has 6 nitrogen and oxygen atoms in total. The number of amides is 1. The van der Waals surface area contributed by atoms with Crippen LogP contribution < -0.4 is 4.90 Å². The van der Waals surface area contributed by atoms with Crippen molar-refractivity contribution in [2.45, 2.75) is 6.43 Å². The molecule has 1 aromatic heterocycles. The molecule has 1 aliphatic rings. The maximum absolute atomic E-state index is 13.6. The first kappa shape index (κ1) is 16.3. The van der Waals surface area contributed by atoms with Gasteiger partial charge in [-0.05, 0) is 18.2 Å². The van der Waals surface area contributed by atoms with Crippen LogP contribution in [0, 0.1) is 5.82 Å². The van der Waals surface area contributed by atoms with Crippen molar-refractivity contribution >= 4 is 11.9 Å². The Labute approximate surface area is 136 Å². The first-order valence-corrected chi connectivity index (χ1v) is 7.43. The zero-order valence-corrected chi connectivity index (χ0v) is 13.0. The Morgan fingerprint density at radius 1 is 1.21 bits per heavy atom. The fourth-order valence-corrected chi connectivity index (χ4v) is 2.69. The summed E-state index contributed by atoms with van der Waals surface area (Å²) < 4.78 is 40.6. The summed E-state index contributed by atoms with van der Waals surface area (Å²) in [5.74, 6) is -0.713. The normalized spacial score (nSPS) is 15.2. The van der Waals surface area contributed by atoms with Crippen LogP contribution >= 0.6 is 0 Å². The Kier molecular flexibility index (Phi) is 4.41. The van der Waals surface area contributed by atoms with Crippen LogP contribution in [0.4, 0.5) is 19.1 Å². The summed E-state index contributed by atoms with van der Waals surface area (Å²) in [4.78, 5) is 16.0. The van der Waals surface area contributed by atoms with Gasteiger partial charge in [0.05, 0.1) is 5.56 Å². The van der Waals surface area contributed by atoms with E-state index in [1.807, 2.05) is 11.9 Å². The number of hydrogen-bond acceptors (Lipinski definition) is 4. The number of carbonyl (C=O) groups excluding carboxylic acids is 1. The molecule has 0 aliphatic carbocycles. The standard InChI is InChI=1S/C15H16F3N5O/c1-21-9-19-20-15(21)23-6-4-22(5-7-23)14(24)10-2-3-11(13(17)18)12(16)8-10/h2-3,8-9,13H,4-7H2,1H3. The van der Waals surface area contributed by atoms with E-state index in [-0.39, 0.29) is 11.5 Å². The zero-order chi connectivity index (χ0) is 17.3. The Bertz CT molecular complexity index is 740. The highest BCUT2D eigenvalue weighted by Gasteiger charge is 2.25. The van der Waals surface area contributed by atoms with Gasteiger partial charge in [0, 0.05) is 38.8 Å². The van der Waals surface area contributed by atoms with E-state index >= 15 is 0 Å². The molecule has 2 aromatic rings. The molecule has 1 fully saturated rings. The third-order valence-corrected chi connectivity index (χ3v) is 4.02. The van der Waals surface area contributed by atoms with Crippen LogP contribution in [0.3, 0.4) is 0 Å². The average Bonchev–Trinajstić information content (AvgIpc) is 3.00. The van der Waals surface area contributed by atoms with Gasteiger partial charge in [-0.3, -0.25) is 4.79 Å². The van der Waals surface area contributed by atoms with E-state index in [0.717, 1.165) is 18.1 Å². The summed E-state index contributed by atoms with van der Waals surface area (Å²) in [6.45, 7) is 2.00. The van der Waals surface area contributed by atoms with Crippen molar-refractivity contribution in [3.05, 3.63) is 41.5 Å². The Balaban J connectivity index is 1.67. The van der Waals surface area contributed by atoms with Gasteiger partial charge in [0.15, 0.2) is 0 Å². The van der Waals surface area contributed by atoms with Gasteiger partial charge in [-0.25, -0.2) is 13.2 Å². The smallest absolute Gasteiger partial charge is 0.266 e. The first-order chi connectivity index (χ1) is 11.5. The number of hydrogen-bond donors (Lipinski definition) is 0. The molecule has 1 aromatic carbocycles. The zero-order valence-electron chi connectivity index (χ0n) is 13.0. The molecule has 0 atom stereocenters. The molecule has 2 heterocycles. The van der Waals surface area contributed by atoms with Gasteiger partial charge in [-0.2, -0.15) is 0 Å². The number of benzene rings is 1. The van der Waals surface area contributed by atoms with Gasteiger partial charge in [0.25, 0.3) is 12.3 Å². The van der Waals surface area contributed by atoms with Crippen LogP contribution in [-0.2, 0) is 7.05 Å². The number of halogens is 3. The molecule has 24 heavy (non-hydrogen) atoms. The molecule has 0 radical (unpaired) electrons. The summed E-state index contributed by atoms with van der Waals surface area (Å²) in [5.41, 5.74) is -0.623. The van der Waals surface area contributed by atoms with Gasteiger partial charge >= 0.3 is 0 Å². The van der Waals surface area contributed by atoms with Crippen molar-refractivity contribution in [1.29, 1.82) is 0 Å². The second-order valence-electron chi connectivity index (χ2n) is 5.56. The maximum atomic E-state index is 13.6. The fourth-order valence-electron chi connectivity index (χ4n) is 2.69. The van der Waals surface area contributed by atoms with E-state index in [1.54, 1.807) is 15.8 Å². The predicted octanol–water partition coefficient (Wildman–Crippen LogP) is 1.85. The number of anilines is 1. The molecule has 1 aliphatic heterocycles. The number of rotatable bonds is 3. The van der Waals surface area contributed by atoms with E-state index in [2.05, 4.69) is 10.2 Å². The molecule has 0 unspecified atom stereocenters. The van der Waals surface area contributed by atoms with Crippen molar-refractivity contribution in [3.8, 4) is 0 Å². The van der Waals surface area contributed by atoms with E-state index in [4.69, 9.17) is 0 Å². The summed E-state index contributed by atoms with van der Waals surface area (Å²) in [5, 5.41) is 7.84. The van der Waals surface area contributed by atoms with Crippen LogP contribution in [0.15, 0.2) is 24.5 Å². The quantitative estimate of drug-likeness (QED) is 0.856. The van der Waals surface area contributed by atoms with Crippen LogP contribution in [0.25, 0.3) is 0 Å². The highest BCUT2D eigenvalue weighted by atomic mass is 19.3. The predicted molar refractivity (Wildman–Crippen MR) is 80.5 cm³/mol. The van der Waals surface area contributed by atoms with E-state index in [9.17, 15) is 18.0 Å². The molecule has 0 bridgehead atoms. The minimum absolute atomic E-state index is 0.0732. The van der Waals surface area contributed by atoms with Gasteiger partial charge in [-0.15, -0.1) is 10.2 Å². The SMILES string of the molecule is Cn1cnnc1N1CCN(C(=O)c2ccc(C(F)F)c(F)c2)CC1. The van der Waals surface area contributed by atoms with Crippen LogP contribution in [0.2, 0.25) is 0 Å². The van der Waals surface area contributed by atoms with E-state index in [1.165, 1.54) is 6.07 Å². The summed E-state index contributed by atoms with van der Waals surface area (Å²) in [6.07, 6.45) is -1.30. The Morgan fingerprint density at radius 3 is 2.46 bits per heavy atom. The average molecular weight is 339 g/mol. The van der Waals surface area contributed by atoms with E-state index in [0.29, 0.717) is 26.2 Å². The van der Waals surface area contributed by atoms with Gasteiger partial charge in [0.2, 0.25) is 5.95 Å². The molecular formula is C15H16F3N5O. The lowest BCUT2D eigenvalue weighted by atomic mass is 10.1. The van der Waals surface area contributed by atoms with Crippen LogP contribution in [-0.4, -0.2) is 51.8 Å². The topological polar surface area (TPSA) is 54.3 Å². The number of nitrogens with zero attached hydrogens (tertiary/aromatic N) is 5. The maximum Gasteiger partial charge on any atom is 0.266 e. The number of piperazine rings is 1. The van der Waals surface area contributed by atoms with Gasteiger partial charge < -0.3 is 14.4 Å². The van der Waals surface area contributed by atoms with Gasteiger partial charge in [0.1, 0.15) is 12.1 Å². The highest BCUT2D eigenvalue weighted by Crippen LogP contribution is 2.23. The van der Waals surface area contributed by atoms with Crippen molar-refractivity contribution in [1.82, 2.24) is 19.7 Å². The van der Waals surface area contributed by atoms with Crippen LogP contribution in [0.1, 0.15) is 22.3 Å². The Morgan fingerprint density at radius 2 is 1.92 bits per heavy atom. The summed E-state index contributed by atoms with van der Waals surface area (Å²) in [6, 6.07) is 3.07. The molecule has 0 spiro atoms. The molecule has 0 N–H and O–H groups in total. The van der Waals surface area contributed by atoms with Gasteiger partial charge in [-0.1, -0.05) is 0 Å². The third kappa shape index (κ3) is 3.06. The summed E-state index contributed by atoms with van der Waals surface area (Å²) in [7, 11) is 1.83. The number of alkyl halides is 2. The molecule has 3 rings (SSSR count). The molecule has 128 valence electrons. The summed E-state index contributed by atoms with van der Waals surface area (Å²) >= 11 is 0. The Hall–Kier alpha value is -2.58. The van der Waals surface area contributed by atoms with Crippen molar-refractivity contribution in [3.63, 3.8) is 0 Å². The second kappa shape index (κ2) is 6.50. The lowest BCUT2D eigenvalue weighted by Gasteiger charge is -2.35. The monoisotopic (exact) mass is 339 g/mol. The second-order valence-corrected chi connectivity index (χ2v) is 5.56.